The Morgan fingerprint density at radius 1 is 1.41 bits per heavy atom. The molecule has 22 heavy (non-hydrogen) atoms. The standard InChI is InChI=1S/C14H19N3O5/c1-5(18)8-10-6-3-2-4-7(16-14(15)22)9(6)11(13(20)21)17(10)12(8)19/h5-8,10,18H,2-4H2,1H3,(H,20,21)(H3,15,16,22)/t5?,6-,7-,8+,10+/m0/s1. The average Bonchev–Trinajstić information content (AvgIpc) is 2.69. The number of aliphatic hydroxyl groups excluding tert-OH is 1. The van der Waals surface area contributed by atoms with Crippen LogP contribution in [0.4, 0.5) is 4.79 Å². The molecule has 1 saturated carbocycles. The van der Waals surface area contributed by atoms with Gasteiger partial charge in [0.2, 0.25) is 5.91 Å². The van der Waals surface area contributed by atoms with Crippen molar-refractivity contribution in [2.24, 2.45) is 17.6 Å². The second kappa shape index (κ2) is 4.98. The van der Waals surface area contributed by atoms with E-state index < -0.39 is 30.1 Å². The van der Waals surface area contributed by atoms with Gasteiger partial charge in [0.05, 0.1) is 24.1 Å². The van der Waals surface area contributed by atoms with Crippen LogP contribution in [0.1, 0.15) is 26.2 Å². The van der Waals surface area contributed by atoms with Crippen LogP contribution in [0.3, 0.4) is 0 Å². The number of primary amides is 1. The van der Waals surface area contributed by atoms with Gasteiger partial charge in [0.1, 0.15) is 5.70 Å². The molecule has 1 saturated heterocycles. The number of hydrogen-bond donors (Lipinski definition) is 4. The highest BCUT2D eigenvalue weighted by molar-refractivity contribution is 6.00. The Bertz CT molecular complexity index is 585. The summed E-state index contributed by atoms with van der Waals surface area (Å²) < 4.78 is 0. The first-order valence-corrected chi connectivity index (χ1v) is 7.39. The molecular formula is C14H19N3O5. The number of amides is 3. The number of hydrogen-bond acceptors (Lipinski definition) is 4. The van der Waals surface area contributed by atoms with Crippen LogP contribution in [-0.2, 0) is 9.59 Å². The maximum Gasteiger partial charge on any atom is 0.352 e. The number of fused-ring (bicyclic) bond motifs is 3. The van der Waals surface area contributed by atoms with E-state index in [2.05, 4.69) is 5.32 Å². The van der Waals surface area contributed by atoms with Crippen molar-refractivity contribution in [3.63, 3.8) is 0 Å². The van der Waals surface area contributed by atoms with Gasteiger partial charge < -0.3 is 26.2 Å². The molecule has 3 rings (SSSR count). The van der Waals surface area contributed by atoms with E-state index in [0.717, 1.165) is 12.8 Å². The molecule has 5 atom stereocenters. The Morgan fingerprint density at radius 3 is 2.64 bits per heavy atom. The van der Waals surface area contributed by atoms with Crippen LogP contribution in [0, 0.1) is 11.8 Å². The molecule has 0 bridgehead atoms. The number of nitrogens with two attached hydrogens (primary N) is 1. The normalized spacial score (nSPS) is 34.6. The van der Waals surface area contributed by atoms with Crippen LogP contribution in [0.15, 0.2) is 11.3 Å². The summed E-state index contributed by atoms with van der Waals surface area (Å²) in [6.45, 7) is 1.54. The van der Waals surface area contributed by atoms with Gasteiger partial charge >= 0.3 is 12.0 Å². The number of urea groups is 1. The minimum absolute atomic E-state index is 0.0460. The molecule has 2 aliphatic heterocycles. The molecular weight excluding hydrogens is 290 g/mol. The van der Waals surface area contributed by atoms with Gasteiger partial charge in [0, 0.05) is 5.92 Å². The van der Waals surface area contributed by atoms with Crippen molar-refractivity contribution in [3.05, 3.63) is 11.3 Å². The molecule has 0 spiro atoms. The third kappa shape index (κ3) is 1.90. The average molecular weight is 309 g/mol. The molecule has 2 fully saturated rings. The summed E-state index contributed by atoms with van der Waals surface area (Å²) in [6, 6.07) is -1.50. The maximum atomic E-state index is 12.2. The van der Waals surface area contributed by atoms with E-state index in [0.29, 0.717) is 12.0 Å². The summed E-state index contributed by atoms with van der Waals surface area (Å²) in [5, 5.41) is 21.9. The first kappa shape index (κ1) is 14.8. The summed E-state index contributed by atoms with van der Waals surface area (Å²) in [6.07, 6.45) is 1.31. The molecule has 120 valence electrons. The predicted octanol–water partition coefficient (Wildman–Crippen LogP) is -0.616. The van der Waals surface area contributed by atoms with E-state index >= 15 is 0 Å². The number of nitrogens with one attached hydrogen (secondary N) is 1. The molecule has 5 N–H and O–H groups in total. The summed E-state index contributed by atoms with van der Waals surface area (Å²) >= 11 is 0. The zero-order chi connectivity index (χ0) is 16.2. The predicted molar refractivity (Wildman–Crippen MR) is 74.3 cm³/mol. The number of nitrogens with zero attached hydrogens (tertiary/aromatic N) is 1. The summed E-state index contributed by atoms with van der Waals surface area (Å²) in [5.74, 6) is -2.27. The van der Waals surface area contributed by atoms with Crippen LogP contribution in [-0.4, -0.2) is 51.2 Å². The summed E-state index contributed by atoms with van der Waals surface area (Å²) in [4.78, 5) is 36.3. The van der Waals surface area contributed by atoms with Crippen molar-refractivity contribution in [2.75, 3.05) is 0 Å². The molecule has 0 aromatic rings. The second-order valence-corrected chi connectivity index (χ2v) is 6.17. The Hall–Kier alpha value is -2.09. The van der Waals surface area contributed by atoms with Crippen LogP contribution >= 0.6 is 0 Å². The van der Waals surface area contributed by atoms with Gasteiger partial charge in [-0.25, -0.2) is 9.59 Å². The molecule has 3 aliphatic rings. The Labute approximate surface area is 126 Å². The Balaban J connectivity index is 2.02. The highest BCUT2D eigenvalue weighted by atomic mass is 16.4. The smallest absolute Gasteiger partial charge is 0.352 e. The van der Waals surface area contributed by atoms with E-state index in [1.807, 2.05) is 0 Å². The highest BCUT2D eigenvalue weighted by Crippen LogP contribution is 2.52. The first-order chi connectivity index (χ1) is 10.3. The van der Waals surface area contributed by atoms with Crippen LogP contribution in [0.25, 0.3) is 0 Å². The Morgan fingerprint density at radius 2 is 2.09 bits per heavy atom. The van der Waals surface area contributed by atoms with Gasteiger partial charge in [-0.15, -0.1) is 0 Å². The molecule has 8 nitrogen and oxygen atoms in total. The van der Waals surface area contributed by atoms with Gasteiger partial charge in [0.15, 0.2) is 0 Å². The molecule has 0 radical (unpaired) electrons. The first-order valence-electron chi connectivity index (χ1n) is 7.39. The van der Waals surface area contributed by atoms with Crippen molar-refractivity contribution in [1.29, 1.82) is 0 Å². The van der Waals surface area contributed by atoms with Gasteiger partial charge in [-0.3, -0.25) is 4.79 Å². The number of carbonyl (C=O) groups is 3. The zero-order valence-corrected chi connectivity index (χ0v) is 12.2. The van der Waals surface area contributed by atoms with Crippen LogP contribution in [0.2, 0.25) is 0 Å². The third-order valence-electron chi connectivity index (χ3n) is 4.94. The maximum absolute atomic E-state index is 12.2. The van der Waals surface area contributed by atoms with Gasteiger partial charge in [-0.05, 0) is 25.3 Å². The number of rotatable bonds is 3. The number of carboxylic acid groups (broad SMARTS) is 1. The molecule has 0 aromatic carbocycles. The van der Waals surface area contributed by atoms with E-state index in [1.165, 1.54) is 4.90 Å². The monoisotopic (exact) mass is 309 g/mol. The SMILES string of the molecule is CC(O)[C@H]1C(=O)N2C(C(=O)O)=C3[C@@H](NC(N)=O)CCC[C@@H]3[C@H]12. The minimum atomic E-state index is -1.18. The topological polar surface area (TPSA) is 133 Å². The van der Waals surface area contributed by atoms with Crippen molar-refractivity contribution in [1.82, 2.24) is 10.2 Å². The number of aliphatic hydroxyl groups is 1. The molecule has 2 heterocycles. The lowest BCUT2D eigenvalue weighted by molar-refractivity contribution is -0.163. The molecule has 3 amide bonds. The number of carbonyl (C=O) groups excluding carboxylic acids is 2. The minimum Gasteiger partial charge on any atom is -0.477 e. The quantitative estimate of drug-likeness (QED) is 0.516. The lowest BCUT2D eigenvalue weighted by Crippen LogP contribution is -2.64. The second-order valence-electron chi connectivity index (χ2n) is 6.17. The van der Waals surface area contributed by atoms with E-state index in [4.69, 9.17) is 5.73 Å². The fourth-order valence-electron chi connectivity index (χ4n) is 4.21. The van der Waals surface area contributed by atoms with Crippen molar-refractivity contribution in [3.8, 4) is 0 Å². The fourth-order valence-corrected chi connectivity index (χ4v) is 4.21. The number of aliphatic carboxylic acids is 1. The number of carboxylic acids is 1. The van der Waals surface area contributed by atoms with Crippen molar-refractivity contribution < 1.29 is 24.6 Å². The molecule has 1 aliphatic carbocycles. The zero-order valence-electron chi connectivity index (χ0n) is 12.2. The van der Waals surface area contributed by atoms with Gasteiger partial charge in [-0.1, -0.05) is 6.42 Å². The summed E-state index contributed by atoms with van der Waals surface area (Å²) in [7, 11) is 0. The Kier molecular flexibility index (Phi) is 3.36. The van der Waals surface area contributed by atoms with Crippen LogP contribution < -0.4 is 11.1 Å². The molecule has 8 heteroatoms. The van der Waals surface area contributed by atoms with E-state index in [-0.39, 0.29) is 23.6 Å². The lowest BCUT2D eigenvalue weighted by atomic mass is 9.71. The van der Waals surface area contributed by atoms with Gasteiger partial charge in [-0.2, -0.15) is 0 Å². The fraction of sp³-hybridized carbons (Fsp3) is 0.643. The van der Waals surface area contributed by atoms with Crippen LogP contribution in [0.5, 0.6) is 0 Å². The van der Waals surface area contributed by atoms with Crippen molar-refractivity contribution in [2.45, 2.75) is 44.4 Å². The molecule has 1 unspecified atom stereocenters. The highest BCUT2D eigenvalue weighted by Gasteiger charge is 2.62. The third-order valence-corrected chi connectivity index (χ3v) is 4.94. The lowest BCUT2D eigenvalue weighted by Gasteiger charge is -2.47. The van der Waals surface area contributed by atoms with Gasteiger partial charge in [0.25, 0.3) is 0 Å². The van der Waals surface area contributed by atoms with E-state index in [1.54, 1.807) is 6.92 Å². The van der Waals surface area contributed by atoms with E-state index in [9.17, 15) is 24.6 Å². The molecule has 0 aromatic heterocycles. The largest absolute Gasteiger partial charge is 0.477 e. The summed E-state index contributed by atoms with van der Waals surface area (Å²) in [5.41, 5.74) is 5.70. The van der Waals surface area contributed by atoms with Crippen molar-refractivity contribution >= 4 is 17.9 Å². The number of β-lactam (4-membered cyclic amide) rings is 1.